The van der Waals surface area contributed by atoms with Crippen LogP contribution in [0.3, 0.4) is 0 Å². The summed E-state index contributed by atoms with van der Waals surface area (Å²) in [6, 6.07) is 9.47. The average Bonchev–Trinajstić information content (AvgIpc) is 3.20. The number of carbonyl (C=O) groups excluding carboxylic acids is 2. The van der Waals surface area contributed by atoms with E-state index in [9.17, 15) is 9.59 Å². The third kappa shape index (κ3) is 5.02. The maximum Gasteiger partial charge on any atom is 0.342 e. The van der Waals surface area contributed by atoms with Crippen molar-refractivity contribution >= 4 is 40.1 Å². The van der Waals surface area contributed by atoms with Crippen LogP contribution in [0.4, 0.5) is 17.3 Å². The zero-order valence-electron chi connectivity index (χ0n) is 20.4. The highest BCUT2D eigenvalue weighted by Gasteiger charge is 2.22. The summed E-state index contributed by atoms with van der Waals surface area (Å²) >= 11 is 0. The molecule has 0 aliphatic carbocycles. The Labute approximate surface area is 208 Å². The second-order valence-corrected chi connectivity index (χ2v) is 8.18. The average molecular weight is 487 g/mol. The van der Waals surface area contributed by atoms with E-state index < -0.39 is 5.97 Å². The summed E-state index contributed by atoms with van der Waals surface area (Å²) in [5, 5.41) is 6.66. The fourth-order valence-corrected chi connectivity index (χ4v) is 3.69. The summed E-state index contributed by atoms with van der Waals surface area (Å²) in [4.78, 5) is 37.9. The maximum atomic E-state index is 12.9. The number of para-hydroxylation sites is 1. The van der Waals surface area contributed by atoms with Gasteiger partial charge in [0, 0.05) is 35.9 Å². The molecule has 0 fully saturated rings. The number of ether oxygens (including phenoxy) is 2. The molecule has 0 unspecified atom stereocenters. The Bertz CT molecular complexity index is 1460. The van der Waals surface area contributed by atoms with Crippen LogP contribution in [0.1, 0.15) is 24.2 Å². The van der Waals surface area contributed by atoms with E-state index in [2.05, 4.69) is 32.2 Å². The summed E-state index contributed by atoms with van der Waals surface area (Å²) in [5.74, 6) is -0.431. The van der Waals surface area contributed by atoms with Crippen LogP contribution in [0.25, 0.3) is 22.2 Å². The third-order valence-electron chi connectivity index (χ3n) is 5.25. The number of benzene rings is 1. The van der Waals surface area contributed by atoms with Gasteiger partial charge in [-0.3, -0.25) is 4.79 Å². The summed E-state index contributed by atoms with van der Waals surface area (Å²) in [7, 11) is 3.40. The van der Waals surface area contributed by atoms with Crippen LogP contribution >= 0.6 is 0 Å². The van der Waals surface area contributed by atoms with E-state index in [0.717, 1.165) is 22.5 Å². The minimum absolute atomic E-state index is 0.200. The minimum Gasteiger partial charge on any atom is -0.480 e. The Morgan fingerprint density at radius 1 is 1.17 bits per heavy atom. The van der Waals surface area contributed by atoms with Crippen LogP contribution in [0.15, 0.2) is 61.6 Å². The quantitative estimate of drug-likeness (QED) is 0.276. The molecule has 0 atom stereocenters. The number of fused-ring (bicyclic) bond motifs is 1. The molecule has 0 radical (unpaired) electrons. The van der Waals surface area contributed by atoms with Crippen molar-refractivity contribution in [2.75, 3.05) is 17.7 Å². The van der Waals surface area contributed by atoms with E-state index in [1.807, 2.05) is 42.1 Å². The molecule has 10 nitrogen and oxygen atoms in total. The molecule has 1 aromatic carbocycles. The largest absolute Gasteiger partial charge is 0.480 e. The van der Waals surface area contributed by atoms with Crippen LogP contribution < -0.4 is 15.4 Å². The number of hydrogen-bond donors (Lipinski definition) is 2. The fraction of sp³-hybridized carbons (Fsp3) is 0.192. The highest BCUT2D eigenvalue weighted by molar-refractivity contribution is 6.03. The number of pyridine rings is 1. The van der Waals surface area contributed by atoms with Gasteiger partial charge in [-0.2, -0.15) is 0 Å². The molecule has 0 spiro atoms. The maximum absolute atomic E-state index is 12.9. The van der Waals surface area contributed by atoms with E-state index in [1.54, 1.807) is 19.9 Å². The van der Waals surface area contributed by atoms with Gasteiger partial charge >= 0.3 is 5.97 Å². The smallest absolute Gasteiger partial charge is 0.342 e. The first kappa shape index (κ1) is 24.4. The highest BCUT2D eigenvalue weighted by Crippen LogP contribution is 2.33. The molecule has 1 amide bonds. The Balaban J connectivity index is 1.81. The summed E-state index contributed by atoms with van der Waals surface area (Å²) in [6.07, 6.45) is 5.65. The summed E-state index contributed by atoms with van der Waals surface area (Å²) in [6.45, 7) is 7.01. The summed E-state index contributed by atoms with van der Waals surface area (Å²) in [5.41, 5.74) is 3.24. The van der Waals surface area contributed by atoms with Crippen molar-refractivity contribution in [1.82, 2.24) is 19.5 Å². The number of aryl methyl sites for hydroxylation is 1. The number of nitrogens with one attached hydrogen (secondary N) is 2. The standard InChI is InChI=1S/C26H26N6O4/c1-6-22(33)29-16-11-20(24(35-5)27-12-16)30-26-28-13-18(25(34)36-15(2)3)23(31-26)19-14-32(4)21-10-8-7-9-17(19)21/h6-15H,1H2,2-5H3,(H,29,33)(H,28,30,31). The molecule has 4 rings (SSSR count). The van der Waals surface area contributed by atoms with Gasteiger partial charge in [0.1, 0.15) is 11.3 Å². The number of amides is 1. The number of esters is 1. The van der Waals surface area contributed by atoms with Gasteiger partial charge in [0.2, 0.25) is 17.7 Å². The van der Waals surface area contributed by atoms with Gasteiger partial charge in [-0.25, -0.2) is 19.7 Å². The van der Waals surface area contributed by atoms with Crippen molar-refractivity contribution in [2.24, 2.45) is 7.05 Å². The molecule has 10 heteroatoms. The van der Waals surface area contributed by atoms with Crippen LogP contribution in [-0.4, -0.2) is 44.6 Å². The Morgan fingerprint density at radius 2 is 1.94 bits per heavy atom. The second kappa shape index (κ2) is 10.3. The van der Waals surface area contributed by atoms with E-state index in [4.69, 9.17) is 9.47 Å². The monoisotopic (exact) mass is 486 g/mol. The molecule has 0 saturated carbocycles. The van der Waals surface area contributed by atoms with Crippen LogP contribution in [0.2, 0.25) is 0 Å². The highest BCUT2D eigenvalue weighted by atomic mass is 16.5. The van der Waals surface area contributed by atoms with Gasteiger partial charge in [0.05, 0.1) is 30.8 Å². The zero-order valence-corrected chi connectivity index (χ0v) is 20.4. The first-order chi connectivity index (χ1) is 17.3. The van der Waals surface area contributed by atoms with Crippen molar-refractivity contribution in [2.45, 2.75) is 20.0 Å². The SMILES string of the molecule is C=CC(=O)Nc1cnc(OC)c(Nc2ncc(C(=O)OC(C)C)c(-c3cn(C)c4ccccc34)n2)c1. The van der Waals surface area contributed by atoms with Gasteiger partial charge in [-0.05, 0) is 32.1 Å². The molecular weight excluding hydrogens is 460 g/mol. The van der Waals surface area contributed by atoms with Gasteiger partial charge in [-0.1, -0.05) is 24.8 Å². The van der Waals surface area contributed by atoms with Gasteiger partial charge in [0.15, 0.2) is 0 Å². The fourth-order valence-electron chi connectivity index (χ4n) is 3.69. The molecule has 0 saturated heterocycles. The molecule has 2 N–H and O–H groups in total. The third-order valence-corrected chi connectivity index (χ3v) is 5.25. The Hall–Kier alpha value is -4.73. The number of aromatic nitrogens is 4. The molecule has 0 bridgehead atoms. The van der Waals surface area contributed by atoms with E-state index in [1.165, 1.54) is 19.5 Å². The lowest BCUT2D eigenvalue weighted by atomic mass is 10.1. The molecule has 3 aromatic heterocycles. The number of nitrogens with zero attached hydrogens (tertiary/aromatic N) is 4. The van der Waals surface area contributed by atoms with Crippen LogP contribution in [-0.2, 0) is 16.6 Å². The number of carbonyl (C=O) groups is 2. The normalized spacial score (nSPS) is 10.8. The van der Waals surface area contributed by atoms with E-state index >= 15 is 0 Å². The van der Waals surface area contributed by atoms with Crippen molar-refractivity contribution in [3.8, 4) is 17.1 Å². The van der Waals surface area contributed by atoms with Crippen molar-refractivity contribution in [1.29, 1.82) is 0 Å². The van der Waals surface area contributed by atoms with Crippen molar-refractivity contribution in [3.05, 3.63) is 67.1 Å². The van der Waals surface area contributed by atoms with Crippen LogP contribution in [0.5, 0.6) is 5.88 Å². The molecule has 3 heterocycles. The van der Waals surface area contributed by atoms with Crippen LogP contribution in [0, 0.1) is 0 Å². The van der Waals surface area contributed by atoms with Crippen molar-refractivity contribution in [3.63, 3.8) is 0 Å². The number of rotatable bonds is 8. The molecule has 0 aliphatic rings. The second-order valence-electron chi connectivity index (χ2n) is 8.18. The molecule has 0 aliphatic heterocycles. The first-order valence-corrected chi connectivity index (χ1v) is 11.2. The first-order valence-electron chi connectivity index (χ1n) is 11.2. The van der Waals surface area contributed by atoms with E-state index in [-0.39, 0.29) is 29.4 Å². The predicted molar refractivity (Wildman–Crippen MR) is 137 cm³/mol. The molecule has 36 heavy (non-hydrogen) atoms. The predicted octanol–water partition coefficient (Wildman–Crippen LogP) is 4.47. The van der Waals surface area contributed by atoms with Gasteiger partial charge < -0.3 is 24.7 Å². The topological polar surface area (TPSA) is 120 Å². The zero-order chi connectivity index (χ0) is 25.8. The van der Waals surface area contributed by atoms with E-state index in [0.29, 0.717) is 17.1 Å². The lowest BCUT2D eigenvalue weighted by Crippen LogP contribution is -2.14. The lowest BCUT2D eigenvalue weighted by Gasteiger charge is -2.14. The number of hydrogen-bond acceptors (Lipinski definition) is 8. The minimum atomic E-state index is -0.520. The summed E-state index contributed by atoms with van der Waals surface area (Å²) < 4.78 is 12.8. The number of anilines is 3. The Kier molecular flexibility index (Phi) is 6.95. The van der Waals surface area contributed by atoms with Gasteiger partial charge in [-0.15, -0.1) is 0 Å². The molecule has 184 valence electrons. The van der Waals surface area contributed by atoms with Crippen molar-refractivity contribution < 1.29 is 19.1 Å². The number of methoxy groups -OCH3 is 1. The lowest BCUT2D eigenvalue weighted by molar-refractivity contribution is -0.111. The molecular formula is C26H26N6O4. The Morgan fingerprint density at radius 3 is 2.67 bits per heavy atom. The van der Waals surface area contributed by atoms with Gasteiger partial charge in [0.25, 0.3) is 0 Å². The molecule has 4 aromatic rings.